The largest absolute Gasteiger partial charge is 0.462 e. The van der Waals surface area contributed by atoms with Crippen LogP contribution in [0.25, 0.3) is 37.8 Å². The molecule has 2 fully saturated rings. The molecule has 0 N–H and O–H groups in total. The molecule has 0 radical (unpaired) electrons. The molecule has 232 valence electrons. The van der Waals surface area contributed by atoms with E-state index in [0.717, 1.165) is 25.5 Å². The van der Waals surface area contributed by atoms with Gasteiger partial charge in [0.25, 0.3) is 5.91 Å². The minimum Gasteiger partial charge on any atom is -0.462 e. The highest BCUT2D eigenvalue weighted by Gasteiger charge is 2.35. The molecule has 2 aromatic carbocycles. The van der Waals surface area contributed by atoms with Crippen LogP contribution >= 0.6 is 0 Å². The molecule has 2 aromatic heterocycles. The van der Waals surface area contributed by atoms with E-state index >= 15 is 8.78 Å². The lowest BCUT2D eigenvalue weighted by Gasteiger charge is -2.39. The van der Waals surface area contributed by atoms with Gasteiger partial charge in [-0.15, -0.1) is 0 Å². The molecule has 2 aliphatic heterocycles. The zero-order valence-electron chi connectivity index (χ0n) is 24.4. The first-order chi connectivity index (χ1) is 21.7. The van der Waals surface area contributed by atoms with Gasteiger partial charge in [0.1, 0.15) is 29.7 Å². The van der Waals surface area contributed by atoms with Crippen LogP contribution in [-0.4, -0.2) is 89.1 Å². The molecular formula is C32H29F4N7O2. The third-order valence-corrected chi connectivity index (χ3v) is 8.49. The summed E-state index contributed by atoms with van der Waals surface area (Å²) in [4.78, 5) is 34.4. The van der Waals surface area contributed by atoms with Crippen LogP contribution in [0.15, 0.2) is 48.9 Å². The maximum atomic E-state index is 16.5. The number of benzene rings is 2. The highest BCUT2D eigenvalue weighted by Crippen LogP contribution is 2.37. The summed E-state index contributed by atoms with van der Waals surface area (Å²) in [5, 5.41) is 0.468. The van der Waals surface area contributed by atoms with E-state index in [1.54, 1.807) is 17.0 Å². The van der Waals surface area contributed by atoms with Crippen LogP contribution in [0.3, 0.4) is 0 Å². The van der Waals surface area contributed by atoms with Crippen molar-refractivity contribution in [2.24, 2.45) is 0 Å². The number of amides is 1. The summed E-state index contributed by atoms with van der Waals surface area (Å²) in [6.45, 7) is 11.9. The van der Waals surface area contributed by atoms with Crippen LogP contribution in [0.2, 0.25) is 0 Å². The maximum absolute atomic E-state index is 16.5. The topological polar surface area (TPSA) is 79.1 Å². The van der Waals surface area contributed by atoms with E-state index in [4.69, 9.17) is 11.3 Å². The molecule has 4 aromatic rings. The quantitative estimate of drug-likeness (QED) is 0.161. The second kappa shape index (κ2) is 12.3. The van der Waals surface area contributed by atoms with E-state index in [1.165, 1.54) is 23.2 Å². The van der Waals surface area contributed by atoms with Gasteiger partial charge in [-0.25, -0.2) is 24.1 Å². The second-order valence-corrected chi connectivity index (χ2v) is 11.2. The molecule has 4 heterocycles. The van der Waals surface area contributed by atoms with Gasteiger partial charge in [0.15, 0.2) is 23.3 Å². The third-order valence-electron chi connectivity index (χ3n) is 8.49. The van der Waals surface area contributed by atoms with Crippen molar-refractivity contribution in [1.29, 1.82) is 0 Å². The molecule has 0 bridgehead atoms. The third kappa shape index (κ3) is 5.62. The first-order valence-corrected chi connectivity index (χ1v) is 14.5. The van der Waals surface area contributed by atoms with Crippen molar-refractivity contribution in [3.8, 4) is 17.3 Å². The highest BCUT2D eigenvalue weighted by atomic mass is 19.2. The van der Waals surface area contributed by atoms with Gasteiger partial charge in [-0.3, -0.25) is 9.78 Å². The monoisotopic (exact) mass is 619 g/mol. The number of rotatable bonds is 7. The number of carbonyl (C=O) groups excluding carboxylic acids is 1. The Bertz CT molecular complexity index is 1860. The van der Waals surface area contributed by atoms with Crippen LogP contribution in [0.5, 0.6) is 6.01 Å². The van der Waals surface area contributed by atoms with Crippen molar-refractivity contribution in [3.63, 3.8) is 0 Å². The number of halogens is 4. The summed E-state index contributed by atoms with van der Waals surface area (Å²) in [7, 11) is 1.99. The Labute approximate surface area is 256 Å². The number of piperazine rings is 1. The van der Waals surface area contributed by atoms with E-state index in [2.05, 4.69) is 31.3 Å². The standard InChI is InChI=1S/C32H29F4N7O2/c1-18(33)31(44)43-13-12-42(16-21(43)14-37-2)30-23-15-38-28(22-8-4-6-19-9-10-24(34)26(35)25(19)22)27(36)29(23)39-32(40-30)45-17-20-7-5-11-41(20)3/h4,6,8-10,15,20-21H,1,5,7,11-14,16-17H2,3H3/t20-,21-/m0/s1. The molecule has 6 rings (SSSR count). The number of likely N-dealkylation sites (N-methyl/N-ethyl adjacent to an activating group) is 1. The van der Waals surface area contributed by atoms with Crippen LogP contribution in [0.1, 0.15) is 12.8 Å². The Hall–Kier alpha value is -4.83. The molecule has 0 spiro atoms. The molecule has 0 aliphatic carbocycles. The lowest BCUT2D eigenvalue weighted by atomic mass is 10.00. The predicted molar refractivity (Wildman–Crippen MR) is 161 cm³/mol. The fraction of sp³-hybridized carbons (Fsp3) is 0.344. The summed E-state index contributed by atoms with van der Waals surface area (Å²) in [6, 6.07) is 6.40. The molecule has 0 unspecified atom stereocenters. The molecule has 13 heteroatoms. The Kier molecular flexibility index (Phi) is 8.24. The average molecular weight is 620 g/mol. The van der Waals surface area contributed by atoms with Crippen LogP contribution in [0, 0.1) is 24.0 Å². The number of aromatic nitrogens is 3. The Balaban J connectivity index is 1.46. The van der Waals surface area contributed by atoms with Gasteiger partial charge in [-0.2, -0.15) is 9.97 Å². The first kappa shape index (κ1) is 30.2. The Morgan fingerprint density at radius 3 is 2.67 bits per heavy atom. The minimum atomic E-state index is -1.12. The van der Waals surface area contributed by atoms with E-state index in [-0.39, 0.29) is 78.2 Å². The zero-order chi connectivity index (χ0) is 31.8. The molecular weight excluding hydrogens is 590 g/mol. The van der Waals surface area contributed by atoms with E-state index in [9.17, 15) is 13.6 Å². The van der Waals surface area contributed by atoms with Gasteiger partial charge < -0.3 is 24.3 Å². The van der Waals surface area contributed by atoms with Crippen molar-refractivity contribution < 1.29 is 27.1 Å². The van der Waals surface area contributed by atoms with Crippen LogP contribution < -0.4 is 9.64 Å². The van der Waals surface area contributed by atoms with Crippen molar-refractivity contribution in [2.45, 2.75) is 24.9 Å². The lowest BCUT2D eigenvalue weighted by Crippen LogP contribution is -2.56. The summed E-state index contributed by atoms with van der Waals surface area (Å²) in [5.74, 6) is -4.83. The smallest absolute Gasteiger partial charge is 0.319 e. The summed E-state index contributed by atoms with van der Waals surface area (Å²) >= 11 is 0. The molecule has 2 saturated heterocycles. The predicted octanol–water partition coefficient (Wildman–Crippen LogP) is 5.15. The average Bonchev–Trinajstić information content (AvgIpc) is 3.45. The number of fused-ring (bicyclic) bond motifs is 2. The first-order valence-electron chi connectivity index (χ1n) is 14.5. The van der Waals surface area contributed by atoms with E-state index in [1.807, 2.05) is 7.05 Å². The normalized spacial score (nSPS) is 18.8. The molecule has 45 heavy (non-hydrogen) atoms. The molecule has 1 amide bonds. The van der Waals surface area contributed by atoms with Gasteiger partial charge in [0.05, 0.1) is 5.39 Å². The summed E-state index contributed by atoms with van der Waals surface area (Å²) < 4.78 is 65.6. The fourth-order valence-corrected chi connectivity index (χ4v) is 6.12. The molecule has 0 saturated carbocycles. The van der Waals surface area contributed by atoms with Gasteiger partial charge in [-0.05, 0) is 37.9 Å². The van der Waals surface area contributed by atoms with Gasteiger partial charge in [0, 0.05) is 42.8 Å². The number of hydrogen-bond donors (Lipinski definition) is 0. The van der Waals surface area contributed by atoms with Crippen molar-refractivity contribution in [2.75, 3.05) is 51.3 Å². The van der Waals surface area contributed by atoms with E-state index in [0.29, 0.717) is 5.39 Å². The number of likely N-dealkylation sites (tertiary alicyclic amines) is 1. The molecule has 9 nitrogen and oxygen atoms in total. The minimum absolute atomic E-state index is 0.0508. The SMILES string of the molecule is [C-]#[N+]C[C@H]1CN(c2nc(OC[C@@H]3CCCN3C)nc3c(F)c(-c4cccc5ccc(F)c(F)c45)ncc23)CCN1C(=O)C(=C)F. The van der Waals surface area contributed by atoms with Crippen LogP contribution in [-0.2, 0) is 4.79 Å². The van der Waals surface area contributed by atoms with E-state index < -0.39 is 35.2 Å². The number of carbonyl (C=O) groups is 1. The molecule has 2 atom stereocenters. The Morgan fingerprint density at radius 2 is 1.93 bits per heavy atom. The van der Waals surface area contributed by atoms with Gasteiger partial charge in [-0.1, -0.05) is 30.8 Å². The number of anilines is 1. The fourth-order valence-electron chi connectivity index (χ4n) is 6.12. The van der Waals surface area contributed by atoms with Crippen molar-refractivity contribution in [1.82, 2.24) is 24.8 Å². The number of ether oxygens (including phenoxy) is 1. The van der Waals surface area contributed by atoms with Crippen molar-refractivity contribution >= 4 is 33.4 Å². The van der Waals surface area contributed by atoms with Gasteiger partial charge >= 0.3 is 6.01 Å². The number of nitrogens with zero attached hydrogens (tertiary/aromatic N) is 7. The van der Waals surface area contributed by atoms with Crippen molar-refractivity contribution in [3.05, 3.63) is 77.8 Å². The maximum Gasteiger partial charge on any atom is 0.319 e. The highest BCUT2D eigenvalue weighted by molar-refractivity contribution is 5.99. The zero-order valence-corrected chi connectivity index (χ0v) is 24.4. The van der Waals surface area contributed by atoms with Crippen LogP contribution in [0.4, 0.5) is 23.4 Å². The Morgan fingerprint density at radius 1 is 1.11 bits per heavy atom. The number of hydrogen-bond acceptors (Lipinski definition) is 7. The molecule has 2 aliphatic rings. The summed E-state index contributed by atoms with van der Waals surface area (Å²) in [6.07, 6.45) is 3.28. The number of pyridine rings is 1. The lowest BCUT2D eigenvalue weighted by molar-refractivity contribution is -0.131. The van der Waals surface area contributed by atoms with Gasteiger partial charge in [0.2, 0.25) is 6.54 Å². The second-order valence-electron chi connectivity index (χ2n) is 11.2. The summed E-state index contributed by atoms with van der Waals surface area (Å²) in [5.41, 5.74) is -0.327.